The average Bonchev–Trinajstić information content (AvgIpc) is 2.31. The Labute approximate surface area is 69.1 Å². The van der Waals surface area contributed by atoms with Crippen LogP contribution in [0.3, 0.4) is 0 Å². The molecular weight excluding hydrogens is 162 g/mol. The summed E-state index contributed by atoms with van der Waals surface area (Å²) in [5.41, 5.74) is 9.94. The lowest BCUT2D eigenvalue weighted by Crippen LogP contribution is -2.46. The number of amides is 3. The molecule has 1 aliphatic rings. The van der Waals surface area contributed by atoms with Crippen molar-refractivity contribution in [1.82, 2.24) is 4.90 Å². The van der Waals surface area contributed by atoms with Crippen LogP contribution in [0.1, 0.15) is 6.42 Å². The molecule has 6 nitrogen and oxygen atoms in total. The number of rotatable bonds is 1. The molecule has 2 atom stereocenters. The van der Waals surface area contributed by atoms with Gasteiger partial charge in [-0.25, -0.2) is 4.79 Å². The van der Waals surface area contributed by atoms with E-state index >= 15 is 0 Å². The van der Waals surface area contributed by atoms with Crippen LogP contribution in [0.15, 0.2) is 0 Å². The highest BCUT2D eigenvalue weighted by Gasteiger charge is 2.36. The number of hydrogen-bond acceptors (Lipinski definition) is 3. The summed E-state index contributed by atoms with van der Waals surface area (Å²) in [5, 5.41) is 9.11. The largest absolute Gasteiger partial charge is 0.391 e. The van der Waals surface area contributed by atoms with Crippen molar-refractivity contribution in [3.8, 4) is 0 Å². The van der Waals surface area contributed by atoms with Crippen LogP contribution in [0.25, 0.3) is 0 Å². The van der Waals surface area contributed by atoms with Gasteiger partial charge in [0, 0.05) is 13.0 Å². The molecule has 0 unspecified atom stereocenters. The Morgan fingerprint density at radius 1 is 1.42 bits per heavy atom. The highest BCUT2D eigenvalue weighted by Crippen LogP contribution is 2.16. The summed E-state index contributed by atoms with van der Waals surface area (Å²) in [6.45, 7) is 0.0863. The SMILES string of the molecule is NC(=O)[C@H]1C[C@@H](O)CN1C(N)=O. The summed E-state index contributed by atoms with van der Waals surface area (Å²) in [6, 6.07) is -1.48. The number of carbonyl (C=O) groups is 2. The molecule has 0 bridgehead atoms. The van der Waals surface area contributed by atoms with Crippen LogP contribution >= 0.6 is 0 Å². The molecule has 0 spiro atoms. The number of likely N-dealkylation sites (tertiary alicyclic amines) is 1. The molecule has 1 aliphatic heterocycles. The van der Waals surface area contributed by atoms with Gasteiger partial charge in [-0.2, -0.15) is 0 Å². The third-order valence-electron chi connectivity index (χ3n) is 1.89. The number of hydrogen-bond donors (Lipinski definition) is 3. The first-order chi connectivity index (χ1) is 5.52. The summed E-state index contributed by atoms with van der Waals surface area (Å²) in [4.78, 5) is 22.5. The fourth-order valence-corrected chi connectivity index (χ4v) is 1.33. The second-order valence-corrected chi connectivity index (χ2v) is 2.80. The summed E-state index contributed by atoms with van der Waals surface area (Å²) < 4.78 is 0. The monoisotopic (exact) mass is 173 g/mol. The number of nitrogens with zero attached hydrogens (tertiary/aromatic N) is 1. The number of nitrogens with two attached hydrogens (primary N) is 2. The Morgan fingerprint density at radius 3 is 2.33 bits per heavy atom. The van der Waals surface area contributed by atoms with E-state index < -0.39 is 24.1 Å². The molecule has 1 heterocycles. The molecule has 0 radical (unpaired) electrons. The molecule has 68 valence electrons. The molecule has 1 fully saturated rings. The number of β-amino-alcohol motifs (C(OH)–C–C–N with tert-alkyl or cyclic N) is 1. The Bertz CT molecular complexity index is 196. The van der Waals surface area contributed by atoms with Crippen molar-refractivity contribution in [2.24, 2.45) is 11.5 Å². The van der Waals surface area contributed by atoms with Crippen molar-refractivity contribution in [3.05, 3.63) is 0 Å². The number of urea groups is 1. The standard InChI is InChI=1S/C6H11N3O3/c7-5(11)4-1-3(10)2-9(4)6(8)12/h3-4,10H,1-2H2,(H2,7,11)(H2,8,12)/t3-,4-/m1/s1. The topological polar surface area (TPSA) is 110 Å². The Morgan fingerprint density at radius 2 is 2.00 bits per heavy atom. The first-order valence-electron chi connectivity index (χ1n) is 3.56. The molecule has 12 heavy (non-hydrogen) atoms. The van der Waals surface area contributed by atoms with E-state index in [0.29, 0.717) is 0 Å². The zero-order chi connectivity index (χ0) is 9.30. The Balaban J connectivity index is 2.72. The van der Waals surface area contributed by atoms with Gasteiger partial charge >= 0.3 is 6.03 Å². The van der Waals surface area contributed by atoms with Gasteiger partial charge in [-0.15, -0.1) is 0 Å². The zero-order valence-electron chi connectivity index (χ0n) is 6.43. The summed E-state index contributed by atoms with van der Waals surface area (Å²) in [6.07, 6.45) is -0.520. The maximum Gasteiger partial charge on any atom is 0.315 e. The van der Waals surface area contributed by atoms with E-state index in [1.807, 2.05) is 0 Å². The van der Waals surface area contributed by atoms with Crippen molar-refractivity contribution in [1.29, 1.82) is 0 Å². The molecule has 1 rings (SSSR count). The van der Waals surface area contributed by atoms with Gasteiger partial charge in [0.1, 0.15) is 6.04 Å². The lowest BCUT2D eigenvalue weighted by molar-refractivity contribution is -0.121. The maximum atomic E-state index is 10.7. The third kappa shape index (κ3) is 1.48. The zero-order valence-corrected chi connectivity index (χ0v) is 6.43. The first kappa shape index (κ1) is 8.79. The fraction of sp³-hybridized carbons (Fsp3) is 0.667. The van der Waals surface area contributed by atoms with E-state index in [0.717, 1.165) is 4.90 Å². The van der Waals surface area contributed by atoms with Crippen LogP contribution in [0.5, 0.6) is 0 Å². The van der Waals surface area contributed by atoms with Crippen molar-refractivity contribution in [2.45, 2.75) is 18.6 Å². The summed E-state index contributed by atoms with van der Waals surface area (Å²) >= 11 is 0. The van der Waals surface area contributed by atoms with Gasteiger partial charge < -0.3 is 21.5 Å². The first-order valence-corrected chi connectivity index (χ1v) is 3.56. The number of aliphatic hydroxyl groups is 1. The molecule has 0 saturated carbocycles. The molecule has 3 amide bonds. The van der Waals surface area contributed by atoms with Crippen molar-refractivity contribution < 1.29 is 14.7 Å². The van der Waals surface area contributed by atoms with Gasteiger partial charge in [0.2, 0.25) is 5.91 Å². The highest BCUT2D eigenvalue weighted by atomic mass is 16.3. The van der Waals surface area contributed by atoms with Gasteiger partial charge in [-0.3, -0.25) is 4.79 Å². The van der Waals surface area contributed by atoms with Gasteiger partial charge in [0.05, 0.1) is 6.10 Å². The predicted octanol–water partition coefficient (Wildman–Crippen LogP) is -2.01. The summed E-state index contributed by atoms with van der Waals surface area (Å²) in [5.74, 6) is -0.634. The van der Waals surface area contributed by atoms with Crippen LogP contribution in [-0.2, 0) is 4.79 Å². The minimum Gasteiger partial charge on any atom is -0.391 e. The van der Waals surface area contributed by atoms with Gasteiger partial charge in [0.15, 0.2) is 0 Å². The second kappa shape index (κ2) is 2.98. The average molecular weight is 173 g/mol. The minimum atomic E-state index is -0.752. The van der Waals surface area contributed by atoms with E-state index in [-0.39, 0.29) is 13.0 Å². The van der Waals surface area contributed by atoms with Crippen molar-refractivity contribution in [2.75, 3.05) is 6.54 Å². The molecule has 0 aromatic rings. The third-order valence-corrected chi connectivity index (χ3v) is 1.89. The van der Waals surface area contributed by atoms with Crippen LogP contribution in [-0.4, -0.2) is 40.6 Å². The van der Waals surface area contributed by atoms with E-state index in [4.69, 9.17) is 16.6 Å². The lowest BCUT2D eigenvalue weighted by Gasteiger charge is -2.18. The molecule has 0 aliphatic carbocycles. The minimum absolute atomic E-state index is 0.0863. The van der Waals surface area contributed by atoms with Crippen LogP contribution in [0.4, 0.5) is 4.79 Å². The van der Waals surface area contributed by atoms with Crippen LogP contribution < -0.4 is 11.5 Å². The van der Waals surface area contributed by atoms with E-state index in [2.05, 4.69) is 0 Å². The van der Waals surface area contributed by atoms with Crippen LogP contribution in [0, 0.1) is 0 Å². The van der Waals surface area contributed by atoms with Gasteiger partial charge in [0.25, 0.3) is 0 Å². The lowest BCUT2D eigenvalue weighted by atomic mass is 10.2. The van der Waals surface area contributed by atoms with E-state index in [1.54, 1.807) is 0 Å². The quantitative estimate of drug-likeness (QED) is 0.426. The highest BCUT2D eigenvalue weighted by molar-refractivity contribution is 5.86. The van der Waals surface area contributed by atoms with Gasteiger partial charge in [-0.05, 0) is 0 Å². The molecular formula is C6H11N3O3. The maximum absolute atomic E-state index is 10.7. The van der Waals surface area contributed by atoms with Crippen molar-refractivity contribution in [3.63, 3.8) is 0 Å². The Hall–Kier alpha value is -1.30. The number of aliphatic hydroxyl groups excluding tert-OH is 1. The van der Waals surface area contributed by atoms with E-state index in [1.165, 1.54) is 0 Å². The smallest absolute Gasteiger partial charge is 0.315 e. The van der Waals surface area contributed by atoms with Crippen molar-refractivity contribution >= 4 is 11.9 Å². The van der Waals surface area contributed by atoms with E-state index in [9.17, 15) is 9.59 Å². The Kier molecular flexibility index (Phi) is 2.18. The van der Waals surface area contributed by atoms with Crippen LogP contribution in [0.2, 0.25) is 0 Å². The normalized spacial score (nSPS) is 28.9. The molecule has 0 aromatic heterocycles. The fourth-order valence-electron chi connectivity index (χ4n) is 1.33. The summed E-state index contributed by atoms with van der Waals surface area (Å²) in [7, 11) is 0. The number of primary amides is 2. The predicted molar refractivity (Wildman–Crippen MR) is 39.9 cm³/mol. The number of carbonyl (C=O) groups excluding carboxylic acids is 2. The molecule has 5 N–H and O–H groups in total. The second-order valence-electron chi connectivity index (χ2n) is 2.80. The molecule has 1 saturated heterocycles. The molecule has 0 aromatic carbocycles. The molecule has 6 heteroatoms. The van der Waals surface area contributed by atoms with Gasteiger partial charge in [-0.1, -0.05) is 0 Å².